The van der Waals surface area contributed by atoms with Gasteiger partial charge in [0, 0.05) is 10.5 Å². The largest absolute Gasteiger partial charge is 0.508 e. The molecular formula is C15H17FN2O6S. The molecule has 0 heterocycles. The molecule has 0 aliphatic rings. The van der Waals surface area contributed by atoms with Crippen LogP contribution in [-0.2, 0) is 25.6 Å². The first kappa shape index (κ1) is 20.4. The van der Waals surface area contributed by atoms with E-state index in [1.165, 1.54) is 18.2 Å². The number of benzene rings is 1. The number of aliphatic carboxylic acids is 1. The van der Waals surface area contributed by atoms with Gasteiger partial charge >= 0.3 is 5.97 Å². The summed E-state index contributed by atoms with van der Waals surface area (Å²) >= 11 is 4.08. The molecule has 1 aromatic rings. The number of aromatic hydroxyl groups is 1. The Hall–Kier alpha value is -2.62. The van der Waals surface area contributed by atoms with Crippen molar-refractivity contribution in [3.05, 3.63) is 23.8 Å². The smallest absolute Gasteiger partial charge is 0.305 e. The Labute approximate surface area is 147 Å². The van der Waals surface area contributed by atoms with E-state index < -0.39 is 49.2 Å². The van der Waals surface area contributed by atoms with Crippen LogP contribution in [0.2, 0.25) is 0 Å². The van der Waals surface area contributed by atoms with Gasteiger partial charge in [0.15, 0.2) is 5.78 Å². The van der Waals surface area contributed by atoms with Crippen LogP contribution in [0.25, 0.3) is 0 Å². The normalized spacial score (nSPS) is 11.4. The van der Waals surface area contributed by atoms with E-state index in [0.717, 1.165) is 0 Å². The number of thiol groups is 1. The molecule has 2 amide bonds. The van der Waals surface area contributed by atoms with Gasteiger partial charge in [-0.3, -0.25) is 19.2 Å². The summed E-state index contributed by atoms with van der Waals surface area (Å²) in [4.78, 5) is 45.9. The molecule has 1 atom stereocenters. The fourth-order valence-electron chi connectivity index (χ4n) is 1.89. The maximum Gasteiger partial charge on any atom is 0.305 e. The molecule has 136 valence electrons. The maximum absolute atomic E-state index is 12.4. The van der Waals surface area contributed by atoms with E-state index in [4.69, 9.17) is 5.11 Å². The van der Waals surface area contributed by atoms with Crippen molar-refractivity contribution in [3.8, 4) is 5.75 Å². The molecule has 0 bridgehead atoms. The van der Waals surface area contributed by atoms with Crippen LogP contribution in [0.1, 0.15) is 12.0 Å². The number of carboxylic acid groups (broad SMARTS) is 1. The summed E-state index contributed by atoms with van der Waals surface area (Å²) in [5, 5.41) is 22.6. The van der Waals surface area contributed by atoms with Crippen molar-refractivity contribution in [1.29, 1.82) is 0 Å². The second kappa shape index (κ2) is 9.62. The number of nitrogens with one attached hydrogen (secondary N) is 2. The van der Waals surface area contributed by atoms with Crippen molar-refractivity contribution < 1.29 is 33.8 Å². The summed E-state index contributed by atoms with van der Waals surface area (Å²) in [5.41, 5.74) is 0.307. The van der Waals surface area contributed by atoms with Crippen molar-refractivity contribution in [2.24, 2.45) is 0 Å². The third-order valence-corrected chi connectivity index (χ3v) is 3.37. The Kier molecular flexibility index (Phi) is 7.86. The third-order valence-electron chi connectivity index (χ3n) is 3.09. The quantitative estimate of drug-likeness (QED) is 0.383. The zero-order valence-corrected chi connectivity index (χ0v) is 13.9. The molecule has 8 nitrogen and oxygen atoms in total. The molecule has 0 spiro atoms. The van der Waals surface area contributed by atoms with Crippen LogP contribution in [-0.4, -0.2) is 53.0 Å². The van der Waals surface area contributed by atoms with Crippen molar-refractivity contribution in [3.63, 3.8) is 0 Å². The molecule has 1 aromatic carbocycles. The molecule has 25 heavy (non-hydrogen) atoms. The van der Waals surface area contributed by atoms with Crippen molar-refractivity contribution in [1.82, 2.24) is 10.6 Å². The first-order valence-corrected chi connectivity index (χ1v) is 7.55. The minimum absolute atomic E-state index is 0.104. The van der Waals surface area contributed by atoms with Crippen LogP contribution >= 0.6 is 12.6 Å². The van der Waals surface area contributed by atoms with Gasteiger partial charge in [0.1, 0.15) is 18.5 Å². The van der Waals surface area contributed by atoms with Crippen molar-refractivity contribution in [2.45, 2.75) is 23.8 Å². The van der Waals surface area contributed by atoms with Crippen LogP contribution in [0.4, 0.5) is 4.39 Å². The van der Waals surface area contributed by atoms with E-state index >= 15 is 0 Å². The molecule has 1 rings (SSSR count). The van der Waals surface area contributed by atoms with Crippen LogP contribution in [0, 0.1) is 0 Å². The summed E-state index contributed by atoms with van der Waals surface area (Å²) < 4.78 is 12.4. The Bertz CT molecular complexity index is 682. The summed E-state index contributed by atoms with van der Waals surface area (Å²) in [6, 6.07) is 2.90. The minimum Gasteiger partial charge on any atom is -0.508 e. The van der Waals surface area contributed by atoms with Gasteiger partial charge in [-0.2, -0.15) is 0 Å². The van der Waals surface area contributed by atoms with E-state index in [1.807, 2.05) is 0 Å². The Morgan fingerprint density at radius 2 is 1.88 bits per heavy atom. The lowest BCUT2D eigenvalue weighted by Gasteiger charge is -2.14. The number of halogens is 1. The lowest BCUT2D eigenvalue weighted by molar-refractivity contribution is -0.140. The van der Waals surface area contributed by atoms with Gasteiger partial charge in [-0.05, 0) is 18.2 Å². The number of carbonyl (C=O) groups is 4. The fraction of sp³-hybridized carbons (Fsp3) is 0.333. The molecule has 4 N–H and O–H groups in total. The second-order valence-electron chi connectivity index (χ2n) is 5.08. The summed E-state index contributed by atoms with van der Waals surface area (Å²) in [6.45, 7) is -1.94. The van der Waals surface area contributed by atoms with E-state index in [9.17, 15) is 28.7 Å². The third kappa shape index (κ3) is 7.21. The number of alkyl halides is 1. The highest BCUT2D eigenvalue weighted by Crippen LogP contribution is 2.20. The monoisotopic (exact) mass is 372 g/mol. The number of phenolic OH excluding ortho intramolecular Hbond substituents is 1. The second-order valence-corrected chi connectivity index (χ2v) is 5.60. The molecule has 1 unspecified atom stereocenters. The number of Topliss-reactive ketones (excluding diaryl/α,β-unsaturated/α-hetero) is 1. The van der Waals surface area contributed by atoms with Gasteiger partial charge in [-0.15, -0.1) is 12.6 Å². The molecule has 0 aliphatic carbocycles. The zero-order chi connectivity index (χ0) is 19.0. The minimum atomic E-state index is -1.50. The van der Waals surface area contributed by atoms with Gasteiger partial charge in [-0.1, -0.05) is 0 Å². The molecule has 0 aromatic heterocycles. The van der Waals surface area contributed by atoms with Crippen molar-refractivity contribution in [2.75, 3.05) is 13.2 Å². The van der Waals surface area contributed by atoms with Gasteiger partial charge in [0.05, 0.1) is 19.4 Å². The zero-order valence-electron chi connectivity index (χ0n) is 13.0. The predicted molar refractivity (Wildman–Crippen MR) is 87.2 cm³/mol. The average Bonchev–Trinajstić information content (AvgIpc) is 2.54. The summed E-state index contributed by atoms with van der Waals surface area (Å²) in [6.07, 6.45) is -0.972. The average molecular weight is 372 g/mol. The Morgan fingerprint density at radius 1 is 1.20 bits per heavy atom. The Morgan fingerprint density at radius 3 is 2.48 bits per heavy atom. The first-order valence-electron chi connectivity index (χ1n) is 7.10. The van der Waals surface area contributed by atoms with Crippen molar-refractivity contribution >= 4 is 36.2 Å². The lowest BCUT2D eigenvalue weighted by atomic mass is 10.1. The molecule has 0 radical (unpaired) electrons. The van der Waals surface area contributed by atoms with E-state index in [0.29, 0.717) is 10.5 Å². The molecular weight excluding hydrogens is 355 g/mol. The SMILES string of the molecule is O=C(O)CC(NC(=O)CNC(=O)Cc1cc(S)ccc1O)C(=O)CF. The number of carboxylic acids is 1. The number of hydrogen-bond donors (Lipinski definition) is 5. The molecule has 10 heteroatoms. The summed E-state index contributed by atoms with van der Waals surface area (Å²) in [5.74, 6) is -3.98. The molecule has 0 aliphatic heterocycles. The fourth-order valence-corrected chi connectivity index (χ4v) is 2.12. The van der Waals surface area contributed by atoms with Gasteiger partial charge < -0.3 is 20.8 Å². The number of ketones is 1. The lowest BCUT2D eigenvalue weighted by Crippen LogP contribution is -2.47. The predicted octanol–water partition coefficient (Wildman–Crippen LogP) is -0.162. The number of rotatable bonds is 9. The maximum atomic E-state index is 12.4. The number of hydrogen-bond acceptors (Lipinski definition) is 6. The number of amides is 2. The van der Waals surface area contributed by atoms with Crippen LogP contribution in [0.5, 0.6) is 5.75 Å². The highest BCUT2D eigenvalue weighted by Gasteiger charge is 2.23. The van der Waals surface area contributed by atoms with Crippen LogP contribution < -0.4 is 10.6 Å². The van der Waals surface area contributed by atoms with Crippen LogP contribution in [0.15, 0.2) is 23.1 Å². The highest BCUT2D eigenvalue weighted by atomic mass is 32.1. The van der Waals surface area contributed by atoms with E-state index in [2.05, 4.69) is 23.3 Å². The summed E-state index contributed by atoms with van der Waals surface area (Å²) in [7, 11) is 0. The number of carbonyl (C=O) groups excluding carboxylic acids is 3. The first-order chi connectivity index (χ1) is 11.7. The standard InChI is InChI=1S/C15H17FN2O6S/c16-6-12(20)10(5-15(23)24)18-14(22)7-17-13(21)4-8-3-9(25)1-2-11(8)19/h1-3,10,19,25H,4-7H2,(H,17,21)(H,18,22)(H,23,24). The van der Waals surface area contributed by atoms with Gasteiger partial charge in [0.25, 0.3) is 0 Å². The topological polar surface area (TPSA) is 133 Å². The highest BCUT2D eigenvalue weighted by molar-refractivity contribution is 7.80. The van der Waals surface area contributed by atoms with Gasteiger partial charge in [-0.25, -0.2) is 4.39 Å². The number of phenols is 1. The van der Waals surface area contributed by atoms with E-state index in [1.54, 1.807) is 0 Å². The van der Waals surface area contributed by atoms with Crippen LogP contribution in [0.3, 0.4) is 0 Å². The molecule has 0 saturated heterocycles. The van der Waals surface area contributed by atoms with Gasteiger partial charge in [0.2, 0.25) is 11.8 Å². The van der Waals surface area contributed by atoms with E-state index in [-0.39, 0.29) is 12.2 Å². The molecule has 0 saturated carbocycles. The Balaban J connectivity index is 2.54. The molecule has 0 fully saturated rings.